The van der Waals surface area contributed by atoms with E-state index in [1.165, 1.54) is 12.3 Å². The molecule has 0 unspecified atom stereocenters. The Morgan fingerprint density at radius 1 is 1.06 bits per heavy atom. The van der Waals surface area contributed by atoms with E-state index < -0.39 is 11.9 Å². The molecule has 2 rings (SSSR count). The van der Waals surface area contributed by atoms with Gasteiger partial charge in [-0.2, -0.15) is 13.2 Å². The molecule has 0 radical (unpaired) electrons. The summed E-state index contributed by atoms with van der Waals surface area (Å²) in [6, 6.07) is 9.79. The molecule has 5 heteroatoms. The van der Waals surface area contributed by atoms with Crippen LogP contribution in [-0.2, 0) is 6.18 Å². The van der Waals surface area contributed by atoms with Gasteiger partial charge in [-0.1, -0.05) is 18.2 Å². The molecule has 1 heterocycles. The number of benzene rings is 1. The van der Waals surface area contributed by atoms with E-state index in [0.717, 1.165) is 17.3 Å². The number of pyridine rings is 1. The Labute approximate surface area is 102 Å². The first-order chi connectivity index (χ1) is 8.50. The van der Waals surface area contributed by atoms with Crippen LogP contribution in [0.4, 0.5) is 18.9 Å². The van der Waals surface area contributed by atoms with Crippen LogP contribution in [0.3, 0.4) is 0 Å². The number of nitrogens with zero attached hydrogens (tertiary/aromatic N) is 1. The Morgan fingerprint density at radius 3 is 2.39 bits per heavy atom. The second-order valence-electron chi connectivity index (χ2n) is 3.76. The number of rotatable bonds is 2. The number of halogens is 3. The summed E-state index contributed by atoms with van der Waals surface area (Å²) in [5.41, 5.74) is 1.49. The van der Waals surface area contributed by atoms with Crippen LogP contribution in [0.1, 0.15) is 5.69 Å². The first-order valence-electron chi connectivity index (χ1n) is 5.32. The number of alkyl halides is 3. The maximum Gasteiger partial charge on any atom is 0.433 e. The molecule has 1 aromatic heterocycles. The van der Waals surface area contributed by atoms with Gasteiger partial charge in [0.2, 0.25) is 0 Å². The molecule has 0 bridgehead atoms. The molecule has 0 fully saturated rings. The van der Waals surface area contributed by atoms with Gasteiger partial charge in [-0.3, -0.25) is 4.98 Å². The molecule has 0 saturated heterocycles. The highest BCUT2D eigenvalue weighted by Crippen LogP contribution is 2.29. The lowest BCUT2D eigenvalue weighted by atomic mass is 10.1. The third-order valence-electron chi connectivity index (χ3n) is 2.54. The molecule has 1 N–H and O–H groups in total. The van der Waals surface area contributed by atoms with Gasteiger partial charge in [-0.15, -0.1) is 0 Å². The van der Waals surface area contributed by atoms with Crippen molar-refractivity contribution >= 4 is 5.69 Å². The first-order valence-corrected chi connectivity index (χ1v) is 5.32. The van der Waals surface area contributed by atoms with Gasteiger partial charge in [0, 0.05) is 24.5 Å². The van der Waals surface area contributed by atoms with Crippen molar-refractivity contribution in [3.8, 4) is 11.1 Å². The van der Waals surface area contributed by atoms with Crippen LogP contribution in [0.5, 0.6) is 0 Å². The van der Waals surface area contributed by atoms with Gasteiger partial charge in [-0.25, -0.2) is 0 Å². The van der Waals surface area contributed by atoms with Gasteiger partial charge >= 0.3 is 6.18 Å². The van der Waals surface area contributed by atoms with Crippen molar-refractivity contribution in [3.05, 3.63) is 48.3 Å². The SMILES string of the molecule is CNc1cccc(-c2ccc(C(F)(F)F)nc2)c1. The van der Waals surface area contributed by atoms with Crippen LogP contribution in [0.2, 0.25) is 0 Å². The zero-order valence-electron chi connectivity index (χ0n) is 9.62. The molecule has 2 aromatic rings. The Bertz CT molecular complexity index is 533. The van der Waals surface area contributed by atoms with Crippen molar-refractivity contribution in [2.75, 3.05) is 12.4 Å². The smallest absolute Gasteiger partial charge is 0.388 e. The second-order valence-corrected chi connectivity index (χ2v) is 3.76. The molecule has 1 aromatic carbocycles. The van der Waals surface area contributed by atoms with Crippen molar-refractivity contribution in [2.24, 2.45) is 0 Å². The van der Waals surface area contributed by atoms with Crippen LogP contribution < -0.4 is 5.32 Å². The Hall–Kier alpha value is -2.04. The topological polar surface area (TPSA) is 24.9 Å². The Balaban J connectivity index is 2.34. The number of hydrogen-bond donors (Lipinski definition) is 1. The third-order valence-corrected chi connectivity index (χ3v) is 2.54. The molecule has 0 aliphatic rings. The van der Waals surface area contributed by atoms with Gasteiger partial charge in [0.25, 0.3) is 0 Å². The number of hydrogen-bond acceptors (Lipinski definition) is 2. The quantitative estimate of drug-likeness (QED) is 0.879. The number of nitrogens with one attached hydrogen (secondary N) is 1. The average molecular weight is 252 g/mol. The molecule has 18 heavy (non-hydrogen) atoms. The summed E-state index contributed by atoms with van der Waals surface area (Å²) < 4.78 is 37.1. The molecular formula is C13H11F3N2. The first kappa shape index (κ1) is 12.4. The van der Waals surface area contributed by atoms with Crippen LogP contribution in [-0.4, -0.2) is 12.0 Å². The van der Waals surface area contributed by atoms with Crippen LogP contribution in [0, 0.1) is 0 Å². The minimum Gasteiger partial charge on any atom is -0.388 e. The minimum absolute atomic E-state index is 0.653. The number of anilines is 1. The summed E-state index contributed by atoms with van der Waals surface area (Å²) in [4.78, 5) is 3.44. The molecule has 0 amide bonds. The van der Waals surface area contributed by atoms with Gasteiger partial charge in [0.05, 0.1) is 0 Å². The van der Waals surface area contributed by atoms with Crippen LogP contribution in [0.15, 0.2) is 42.6 Å². The van der Waals surface area contributed by atoms with Crippen molar-refractivity contribution in [1.29, 1.82) is 0 Å². The summed E-state index contributed by atoms with van der Waals surface area (Å²) >= 11 is 0. The minimum atomic E-state index is -4.40. The molecule has 0 saturated carbocycles. The van der Waals surface area contributed by atoms with E-state index in [9.17, 15) is 13.2 Å². The van der Waals surface area contributed by atoms with Crippen LogP contribution in [0.25, 0.3) is 11.1 Å². The van der Waals surface area contributed by atoms with Crippen molar-refractivity contribution in [2.45, 2.75) is 6.18 Å². The monoisotopic (exact) mass is 252 g/mol. The fourth-order valence-electron chi connectivity index (χ4n) is 1.59. The Kier molecular flexibility index (Phi) is 3.23. The summed E-state index contributed by atoms with van der Waals surface area (Å²) in [6.07, 6.45) is -3.16. The van der Waals surface area contributed by atoms with Crippen molar-refractivity contribution in [1.82, 2.24) is 4.98 Å². The summed E-state index contributed by atoms with van der Waals surface area (Å²) in [5.74, 6) is 0. The normalized spacial score (nSPS) is 11.3. The highest BCUT2D eigenvalue weighted by atomic mass is 19.4. The van der Waals surface area contributed by atoms with E-state index in [1.807, 2.05) is 24.3 Å². The predicted octanol–water partition coefficient (Wildman–Crippen LogP) is 3.81. The van der Waals surface area contributed by atoms with E-state index in [2.05, 4.69) is 10.3 Å². The maximum atomic E-state index is 12.4. The van der Waals surface area contributed by atoms with Crippen molar-refractivity contribution < 1.29 is 13.2 Å². The van der Waals surface area contributed by atoms with E-state index in [0.29, 0.717) is 5.56 Å². The highest BCUT2D eigenvalue weighted by molar-refractivity contribution is 5.67. The maximum absolute atomic E-state index is 12.4. The van der Waals surface area contributed by atoms with Gasteiger partial charge in [-0.05, 0) is 23.8 Å². The summed E-state index contributed by atoms with van der Waals surface area (Å²) in [5, 5.41) is 2.97. The summed E-state index contributed by atoms with van der Waals surface area (Å²) in [6.45, 7) is 0. The fraction of sp³-hybridized carbons (Fsp3) is 0.154. The average Bonchev–Trinajstić information content (AvgIpc) is 2.38. The van der Waals surface area contributed by atoms with E-state index in [4.69, 9.17) is 0 Å². The van der Waals surface area contributed by atoms with E-state index >= 15 is 0 Å². The van der Waals surface area contributed by atoms with Gasteiger partial charge in [0.1, 0.15) is 5.69 Å². The van der Waals surface area contributed by atoms with Gasteiger partial charge in [0.15, 0.2) is 0 Å². The fourth-order valence-corrected chi connectivity index (χ4v) is 1.59. The second kappa shape index (κ2) is 4.68. The van der Waals surface area contributed by atoms with Gasteiger partial charge < -0.3 is 5.32 Å². The Morgan fingerprint density at radius 2 is 1.83 bits per heavy atom. The standard InChI is InChI=1S/C13H11F3N2/c1-17-11-4-2-3-9(7-11)10-5-6-12(18-8-10)13(14,15)16/h2-8,17H,1H3. The molecule has 2 nitrogen and oxygen atoms in total. The molecule has 0 aliphatic heterocycles. The largest absolute Gasteiger partial charge is 0.433 e. The number of aromatic nitrogens is 1. The zero-order valence-corrected chi connectivity index (χ0v) is 9.62. The van der Waals surface area contributed by atoms with E-state index in [-0.39, 0.29) is 0 Å². The zero-order chi connectivity index (χ0) is 13.2. The van der Waals surface area contributed by atoms with Crippen molar-refractivity contribution in [3.63, 3.8) is 0 Å². The molecule has 0 spiro atoms. The summed E-state index contributed by atoms with van der Waals surface area (Å²) in [7, 11) is 1.78. The van der Waals surface area contributed by atoms with E-state index in [1.54, 1.807) is 7.05 Å². The molecule has 0 atom stereocenters. The molecular weight excluding hydrogens is 241 g/mol. The predicted molar refractivity (Wildman–Crippen MR) is 64.2 cm³/mol. The third kappa shape index (κ3) is 2.61. The lowest BCUT2D eigenvalue weighted by Crippen LogP contribution is -2.07. The molecule has 0 aliphatic carbocycles. The lowest BCUT2D eigenvalue weighted by Gasteiger charge is -2.07. The molecule has 94 valence electrons. The lowest BCUT2D eigenvalue weighted by molar-refractivity contribution is -0.141. The highest BCUT2D eigenvalue weighted by Gasteiger charge is 2.31. The van der Waals surface area contributed by atoms with Crippen LogP contribution >= 0.6 is 0 Å².